The van der Waals surface area contributed by atoms with Gasteiger partial charge in [-0.25, -0.2) is 9.59 Å². The van der Waals surface area contributed by atoms with Gasteiger partial charge in [-0.2, -0.15) is 0 Å². The molecule has 0 rings (SSSR count). The van der Waals surface area contributed by atoms with Gasteiger partial charge in [0.25, 0.3) is 0 Å². The predicted molar refractivity (Wildman–Crippen MR) is 86.9 cm³/mol. The van der Waals surface area contributed by atoms with E-state index in [1.54, 1.807) is 20.8 Å². The Morgan fingerprint density at radius 1 is 1.24 bits per heavy atom. The smallest absolute Gasteiger partial charge is 0.408 e. The number of hydrogen-bond donors (Lipinski definition) is 1. The van der Waals surface area contributed by atoms with E-state index < -0.39 is 25.7 Å². The van der Waals surface area contributed by atoms with Gasteiger partial charge in [0.15, 0.2) is 0 Å². The zero-order chi connectivity index (χ0) is 16.7. The second-order valence-electron chi connectivity index (χ2n) is 7.06. The zero-order valence-corrected chi connectivity index (χ0v) is 15.3. The van der Waals surface area contributed by atoms with E-state index >= 15 is 0 Å². The van der Waals surface area contributed by atoms with Crippen LogP contribution >= 0.6 is 0 Å². The number of nitrogens with one attached hydrogen (secondary N) is 1. The molecule has 0 aromatic rings. The molecule has 0 aliphatic heterocycles. The van der Waals surface area contributed by atoms with Gasteiger partial charge in [-0.15, -0.1) is 0 Å². The highest BCUT2D eigenvalue weighted by Gasteiger charge is 2.23. The van der Waals surface area contributed by atoms with E-state index in [9.17, 15) is 9.59 Å². The van der Waals surface area contributed by atoms with Crippen molar-refractivity contribution in [3.63, 3.8) is 0 Å². The SMILES string of the molecule is CC(C)[Si](C)(C)C/C=C/OC(=O)CNC(=O)OC(C)(C)C. The van der Waals surface area contributed by atoms with E-state index in [0.29, 0.717) is 5.54 Å². The summed E-state index contributed by atoms with van der Waals surface area (Å²) in [7, 11) is -1.28. The Morgan fingerprint density at radius 2 is 1.81 bits per heavy atom. The largest absolute Gasteiger partial charge is 0.444 e. The van der Waals surface area contributed by atoms with E-state index in [1.807, 2.05) is 6.08 Å². The molecular formula is C15H29NO4Si. The number of ether oxygens (including phenoxy) is 2. The average Bonchev–Trinajstić information content (AvgIpc) is 2.29. The van der Waals surface area contributed by atoms with Crippen molar-refractivity contribution in [1.82, 2.24) is 5.32 Å². The molecule has 1 amide bonds. The van der Waals surface area contributed by atoms with Crippen molar-refractivity contribution >= 4 is 20.1 Å². The van der Waals surface area contributed by atoms with Gasteiger partial charge in [0.05, 0.1) is 14.3 Å². The van der Waals surface area contributed by atoms with E-state index in [-0.39, 0.29) is 6.54 Å². The summed E-state index contributed by atoms with van der Waals surface area (Å²) in [5.74, 6) is -0.513. The van der Waals surface area contributed by atoms with Crippen LogP contribution < -0.4 is 5.32 Å². The minimum atomic E-state index is -1.28. The number of carbonyl (C=O) groups excluding carboxylic acids is 2. The van der Waals surface area contributed by atoms with Crippen LogP contribution in [0.4, 0.5) is 4.79 Å². The van der Waals surface area contributed by atoms with Crippen molar-refractivity contribution in [2.75, 3.05) is 6.54 Å². The van der Waals surface area contributed by atoms with Crippen LogP contribution in [0, 0.1) is 0 Å². The maximum absolute atomic E-state index is 11.4. The van der Waals surface area contributed by atoms with Crippen LogP contribution in [0.2, 0.25) is 24.7 Å². The first-order chi connectivity index (χ1) is 9.44. The van der Waals surface area contributed by atoms with Crippen LogP contribution in [-0.4, -0.2) is 32.3 Å². The number of carbonyl (C=O) groups is 2. The van der Waals surface area contributed by atoms with Gasteiger partial charge in [-0.1, -0.05) is 38.6 Å². The Labute approximate surface area is 129 Å². The Kier molecular flexibility index (Phi) is 7.71. The van der Waals surface area contributed by atoms with Gasteiger partial charge >= 0.3 is 12.1 Å². The Balaban J connectivity index is 3.99. The maximum Gasteiger partial charge on any atom is 0.408 e. The van der Waals surface area contributed by atoms with E-state index in [2.05, 4.69) is 32.3 Å². The van der Waals surface area contributed by atoms with E-state index in [0.717, 1.165) is 6.04 Å². The van der Waals surface area contributed by atoms with Crippen molar-refractivity contribution in [3.05, 3.63) is 12.3 Å². The summed E-state index contributed by atoms with van der Waals surface area (Å²) >= 11 is 0. The molecule has 0 atom stereocenters. The van der Waals surface area contributed by atoms with Crippen molar-refractivity contribution in [2.24, 2.45) is 0 Å². The number of esters is 1. The lowest BCUT2D eigenvalue weighted by atomic mass is 10.2. The number of alkyl carbamates (subject to hydrolysis) is 1. The van der Waals surface area contributed by atoms with Crippen molar-refractivity contribution in [2.45, 2.75) is 64.9 Å². The van der Waals surface area contributed by atoms with Crippen molar-refractivity contribution in [3.8, 4) is 0 Å². The van der Waals surface area contributed by atoms with Crippen LogP contribution in [0.3, 0.4) is 0 Å². The van der Waals surface area contributed by atoms with Crippen LogP contribution in [0.15, 0.2) is 12.3 Å². The molecule has 5 nitrogen and oxygen atoms in total. The summed E-state index contributed by atoms with van der Waals surface area (Å²) in [6, 6.07) is 0.956. The summed E-state index contributed by atoms with van der Waals surface area (Å²) in [6.45, 7) is 14.1. The average molecular weight is 315 g/mol. The standard InChI is InChI=1S/C15H29NO4Si/c1-12(2)21(6,7)10-8-9-19-13(17)11-16-14(18)20-15(3,4)5/h8-9,12H,10-11H2,1-7H3,(H,16,18)/b9-8+. The Morgan fingerprint density at radius 3 is 2.29 bits per heavy atom. The molecule has 0 radical (unpaired) electrons. The topological polar surface area (TPSA) is 64.6 Å². The molecule has 0 heterocycles. The molecule has 21 heavy (non-hydrogen) atoms. The minimum absolute atomic E-state index is 0.204. The zero-order valence-electron chi connectivity index (χ0n) is 14.3. The summed E-state index contributed by atoms with van der Waals surface area (Å²) in [5.41, 5.74) is 0.0905. The molecule has 0 spiro atoms. The lowest BCUT2D eigenvalue weighted by Crippen LogP contribution is -2.35. The third-order valence-corrected chi connectivity index (χ3v) is 7.69. The summed E-state index contributed by atoms with van der Waals surface area (Å²) in [5, 5.41) is 2.35. The number of hydrogen-bond acceptors (Lipinski definition) is 4. The molecule has 0 bridgehead atoms. The lowest BCUT2D eigenvalue weighted by molar-refractivity contribution is -0.137. The Bertz CT molecular complexity index is 384. The van der Waals surface area contributed by atoms with E-state index in [4.69, 9.17) is 9.47 Å². The Hall–Kier alpha value is -1.30. The maximum atomic E-state index is 11.4. The van der Waals surface area contributed by atoms with Crippen molar-refractivity contribution < 1.29 is 19.1 Å². The first-order valence-corrected chi connectivity index (χ1v) is 10.5. The monoisotopic (exact) mass is 315 g/mol. The molecule has 6 heteroatoms. The quantitative estimate of drug-likeness (QED) is 0.461. The van der Waals surface area contributed by atoms with Crippen LogP contribution in [0.25, 0.3) is 0 Å². The fraction of sp³-hybridized carbons (Fsp3) is 0.733. The number of allylic oxidation sites excluding steroid dienone is 1. The van der Waals surface area contributed by atoms with E-state index in [1.165, 1.54) is 6.26 Å². The normalized spacial score (nSPS) is 12.6. The van der Waals surface area contributed by atoms with Gasteiger partial charge in [0.1, 0.15) is 12.1 Å². The third-order valence-electron chi connectivity index (χ3n) is 3.28. The molecular weight excluding hydrogens is 286 g/mol. The molecule has 0 saturated carbocycles. The van der Waals surface area contributed by atoms with Crippen LogP contribution in [-0.2, 0) is 14.3 Å². The molecule has 0 aliphatic rings. The lowest BCUT2D eigenvalue weighted by Gasteiger charge is -2.24. The second kappa shape index (κ2) is 8.22. The molecule has 0 aliphatic carbocycles. The van der Waals surface area contributed by atoms with Gasteiger partial charge < -0.3 is 14.8 Å². The fourth-order valence-corrected chi connectivity index (χ4v) is 2.39. The number of rotatable bonds is 6. The number of amides is 1. The van der Waals surface area contributed by atoms with Crippen molar-refractivity contribution in [1.29, 1.82) is 0 Å². The molecule has 0 aromatic carbocycles. The highest BCUT2D eigenvalue weighted by atomic mass is 28.3. The first kappa shape index (κ1) is 19.7. The molecule has 0 fully saturated rings. The summed E-state index contributed by atoms with van der Waals surface area (Å²) in [6.07, 6.45) is 2.67. The minimum Gasteiger partial charge on any atom is -0.444 e. The summed E-state index contributed by atoms with van der Waals surface area (Å²) in [4.78, 5) is 22.8. The van der Waals surface area contributed by atoms with Gasteiger partial charge in [0, 0.05) is 0 Å². The van der Waals surface area contributed by atoms with Crippen LogP contribution in [0.5, 0.6) is 0 Å². The fourth-order valence-electron chi connectivity index (χ4n) is 1.21. The van der Waals surface area contributed by atoms with Crippen LogP contribution in [0.1, 0.15) is 34.6 Å². The highest BCUT2D eigenvalue weighted by molar-refractivity contribution is 6.79. The third kappa shape index (κ3) is 10.1. The van der Waals surface area contributed by atoms with Gasteiger partial charge in [-0.3, -0.25) is 0 Å². The first-order valence-electron chi connectivity index (χ1n) is 7.25. The molecule has 0 saturated heterocycles. The molecule has 0 aromatic heterocycles. The molecule has 0 unspecified atom stereocenters. The second-order valence-corrected chi connectivity index (χ2v) is 12.6. The molecule has 1 N–H and O–H groups in total. The summed E-state index contributed by atoms with van der Waals surface area (Å²) < 4.78 is 9.94. The molecule has 122 valence electrons. The van der Waals surface area contributed by atoms with Gasteiger partial charge in [0.2, 0.25) is 0 Å². The van der Waals surface area contributed by atoms with Gasteiger partial charge in [-0.05, 0) is 26.8 Å². The highest BCUT2D eigenvalue weighted by Crippen LogP contribution is 2.24. The predicted octanol–water partition coefficient (Wildman–Crippen LogP) is 3.69.